The number of unbranched alkanes of at least 4 members (excludes halogenated alkanes) is 29. The van der Waals surface area contributed by atoms with Gasteiger partial charge in [-0.15, -0.1) is 0 Å². The highest BCUT2D eigenvalue weighted by atomic mass is 31.2. The molecule has 1 fully saturated rings. The molecule has 0 aromatic carbocycles. The second-order valence-electron chi connectivity index (χ2n) is 19.6. The zero-order chi connectivity index (χ0) is 50.1. The first-order chi connectivity index (χ1) is 32.8. The van der Waals surface area contributed by atoms with Gasteiger partial charge in [0.2, 0.25) is 5.91 Å². The number of aliphatic hydroxyl groups excluding tert-OH is 7. The molecule has 0 radical (unpaired) electrons. The van der Waals surface area contributed by atoms with Gasteiger partial charge in [0.05, 0.1) is 31.3 Å². The summed E-state index contributed by atoms with van der Waals surface area (Å²) >= 11 is 0. The molecule has 1 aliphatic rings. The smallest absolute Gasteiger partial charge is 0.393 e. The summed E-state index contributed by atoms with van der Waals surface area (Å²) in [6.45, 7) is 3.68. The fraction of sp³-hybridized carbons (Fsp3) is 0.870. The standard InChI is InChI=1S/C54H102NO12P/c1-3-5-7-9-11-13-15-17-19-21-23-25-27-29-31-33-35-37-39-41-45(56)43-48(58)55-46(44-66-68(64,65)67-54-52(62)50(60)49(59)51(61)53(54)63)47(57)42-40-38-36-34-32-30-28-26-24-22-20-18-16-14-12-10-8-6-4-2/h5,7,11,13,40,42,45-47,49-54,56-57,59-63H,3-4,6,8-10,12,14-39,41,43-44H2,1-2H3,(H,55,58)(H,64,65)/b7-5-,13-11-,42-40+. The Morgan fingerprint density at radius 1 is 0.544 bits per heavy atom. The zero-order valence-electron chi connectivity index (χ0n) is 42.8. The van der Waals surface area contributed by atoms with E-state index in [0.29, 0.717) is 12.8 Å². The molecule has 68 heavy (non-hydrogen) atoms. The highest BCUT2D eigenvalue weighted by Crippen LogP contribution is 2.47. The maximum Gasteiger partial charge on any atom is 0.472 e. The Kier molecular flexibility index (Phi) is 40.9. The number of carbonyl (C=O) groups is 1. The molecule has 0 heterocycles. The second-order valence-corrected chi connectivity index (χ2v) is 21.0. The Morgan fingerprint density at radius 2 is 0.941 bits per heavy atom. The molecule has 0 aromatic heterocycles. The number of allylic oxidation sites excluding steroid dienone is 5. The van der Waals surface area contributed by atoms with Crippen LogP contribution < -0.4 is 5.32 Å². The summed E-state index contributed by atoms with van der Waals surface area (Å²) in [5.41, 5.74) is 0. The number of nitrogens with one attached hydrogen (secondary N) is 1. The molecule has 0 aromatic rings. The minimum absolute atomic E-state index is 0.245. The van der Waals surface area contributed by atoms with Crippen molar-refractivity contribution in [2.45, 2.75) is 293 Å². The van der Waals surface area contributed by atoms with E-state index in [0.717, 1.165) is 57.8 Å². The van der Waals surface area contributed by atoms with E-state index in [-0.39, 0.29) is 6.42 Å². The lowest BCUT2D eigenvalue weighted by Gasteiger charge is -2.41. The van der Waals surface area contributed by atoms with Gasteiger partial charge in [-0.1, -0.05) is 224 Å². The molecule has 8 atom stereocenters. The number of rotatable bonds is 46. The van der Waals surface area contributed by atoms with Crippen molar-refractivity contribution in [3.63, 3.8) is 0 Å². The monoisotopic (exact) mass is 988 g/mol. The topological polar surface area (TPSA) is 226 Å². The van der Waals surface area contributed by atoms with Gasteiger partial charge < -0.3 is 46.0 Å². The molecule has 8 unspecified atom stereocenters. The first-order valence-electron chi connectivity index (χ1n) is 27.5. The van der Waals surface area contributed by atoms with E-state index in [2.05, 4.69) is 43.5 Å². The van der Waals surface area contributed by atoms with Crippen LogP contribution in [0.1, 0.15) is 239 Å². The van der Waals surface area contributed by atoms with Gasteiger partial charge in [0, 0.05) is 0 Å². The van der Waals surface area contributed by atoms with Gasteiger partial charge in [0.15, 0.2) is 0 Å². The van der Waals surface area contributed by atoms with Gasteiger partial charge >= 0.3 is 7.82 Å². The summed E-state index contributed by atoms with van der Waals surface area (Å²) in [7, 11) is -5.15. The number of carbonyl (C=O) groups excluding carboxylic acids is 1. The normalized spacial score (nSPS) is 22.3. The molecule has 400 valence electrons. The molecule has 0 saturated heterocycles. The average molecular weight is 988 g/mol. The Balaban J connectivity index is 2.44. The van der Waals surface area contributed by atoms with Crippen LogP contribution in [0.2, 0.25) is 0 Å². The summed E-state index contributed by atoms with van der Waals surface area (Å²) < 4.78 is 23.0. The number of phosphoric ester groups is 1. The van der Waals surface area contributed by atoms with Crippen LogP contribution in [0.25, 0.3) is 0 Å². The van der Waals surface area contributed by atoms with E-state index < -0.39 is 75.2 Å². The lowest BCUT2D eigenvalue weighted by molar-refractivity contribution is -0.220. The Labute approximate surface area is 413 Å². The highest BCUT2D eigenvalue weighted by Gasteiger charge is 2.51. The molecule has 13 nitrogen and oxygen atoms in total. The van der Waals surface area contributed by atoms with Crippen molar-refractivity contribution < 1.29 is 59.0 Å². The van der Waals surface area contributed by atoms with Gasteiger partial charge in [0.25, 0.3) is 0 Å². The van der Waals surface area contributed by atoms with Crippen LogP contribution in [0.15, 0.2) is 36.5 Å². The van der Waals surface area contributed by atoms with Crippen LogP contribution in [0.5, 0.6) is 0 Å². The molecular formula is C54H102NO12P. The summed E-state index contributed by atoms with van der Waals surface area (Å²) in [6.07, 6.45) is 37.9. The predicted molar refractivity (Wildman–Crippen MR) is 275 cm³/mol. The van der Waals surface area contributed by atoms with Gasteiger partial charge in [-0.05, 0) is 44.9 Å². The lowest BCUT2D eigenvalue weighted by atomic mass is 9.85. The van der Waals surface area contributed by atoms with Crippen molar-refractivity contribution in [1.82, 2.24) is 5.32 Å². The Bertz CT molecular complexity index is 1300. The maximum absolute atomic E-state index is 13.1. The Hall–Kier alpha value is -1.48. The second kappa shape index (κ2) is 43.1. The number of hydrogen-bond donors (Lipinski definition) is 9. The van der Waals surface area contributed by atoms with Crippen LogP contribution in [-0.4, -0.2) is 108 Å². The SMILES string of the molecule is CC/C=C\C/C=C\CCCCCCCCCCCCCCC(O)CC(=O)NC(COP(=O)(O)OC1C(O)C(O)C(O)C(O)C1O)C(O)/C=C/CCCCCCCCCCCCCCCCCCC. The summed E-state index contributed by atoms with van der Waals surface area (Å²) in [6, 6.07) is -1.24. The third-order valence-electron chi connectivity index (χ3n) is 13.2. The zero-order valence-corrected chi connectivity index (χ0v) is 43.7. The van der Waals surface area contributed by atoms with Gasteiger partial charge in [-0.25, -0.2) is 4.57 Å². The molecule has 14 heteroatoms. The van der Waals surface area contributed by atoms with Crippen molar-refractivity contribution >= 4 is 13.7 Å². The first-order valence-corrected chi connectivity index (χ1v) is 29.0. The molecule has 0 spiro atoms. The van der Waals surface area contributed by atoms with Crippen LogP contribution in [0, 0.1) is 0 Å². The fourth-order valence-corrected chi connectivity index (χ4v) is 9.78. The van der Waals surface area contributed by atoms with Crippen molar-refractivity contribution in [3.8, 4) is 0 Å². The van der Waals surface area contributed by atoms with E-state index in [9.17, 15) is 50.0 Å². The van der Waals surface area contributed by atoms with Crippen molar-refractivity contribution in [2.24, 2.45) is 0 Å². The number of amides is 1. The van der Waals surface area contributed by atoms with Crippen molar-refractivity contribution in [3.05, 3.63) is 36.5 Å². The average Bonchev–Trinajstić information content (AvgIpc) is 3.31. The number of aliphatic hydroxyl groups is 7. The molecule has 1 aliphatic carbocycles. The third-order valence-corrected chi connectivity index (χ3v) is 14.2. The molecular weight excluding hydrogens is 886 g/mol. The summed E-state index contributed by atoms with van der Waals surface area (Å²) in [5, 5.41) is 74.8. The third kappa shape index (κ3) is 34.0. The highest BCUT2D eigenvalue weighted by molar-refractivity contribution is 7.47. The van der Waals surface area contributed by atoms with Crippen LogP contribution in [-0.2, 0) is 18.4 Å². The summed E-state index contributed by atoms with van der Waals surface area (Å²) in [5.74, 6) is -0.592. The van der Waals surface area contributed by atoms with Crippen LogP contribution >= 0.6 is 7.82 Å². The molecule has 0 bridgehead atoms. The van der Waals surface area contributed by atoms with Crippen molar-refractivity contribution in [1.29, 1.82) is 0 Å². The summed E-state index contributed by atoms with van der Waals surface area (Å²) in [4.78, 5) is 23.6. The molecule has 1 amide bonds. The molecule has 9 N–H and O–H groups in total. The van der Waals surface area contributed by atoms with E-state index in [1.54, 1.807) is 6.08 Å². The van der Waals surface area contributed by atoms with Crippen LogP contribution in [0.4, 0.5) is 0 Å². The Morgan fingerprint density at radius 3 is 1.40 bits per heavy atom. The first kappa shape index (κ1) is 64.5. The number of hydrogen-bond acceptors (Lipinski definition) is 11. The molecule has 0 aliphatic heterocycles. The lowest BCUT2D eigenvalue weighted by Crippen LogP contribution is -2.64. The van der Waals surface area contributed by atoms with Crippen LogP contribution in [0.3, 0.4) is 0 Å². The predicted octanol–water partition coefficient (Wildman–Crippen LogP) is 10.9. The van der Waals surface area contributed by atoms with Gasteiger partial charge in [-0.3, -0.25) is 13.8 Å². The van der Waals surface area contributed by atoms with E-state index in [1.165, 1.54) is 154 Å². The van der Waals surface area contributed by atoms with E-state index in [4.69, 9.17) is 9.05 Å². The number of phosphoric acid groups is 1. The quantitative estimate of drug-likeness (QED) is 0.0158. The van der Waals surface area contributed by atoms with E-state index >= 15 is 0 Å². The minimum Gasteiger partial charge on any atom is -0.393 e. The van der Waals surface area contributed by atoms with Crippen molar-refractivity contribution in [2.75, 3.05) is 6.61 Å². The minimum atomic E-state index is -5.15. The van der Waals surface area contributed by atoms with Gasteiger partial charge in [0.1, 0.15) is 36.6 Å². The van der Waals surface area contributed by atoms with E-state index in [1.807, 2.05) is 0 Å². The van der Waals surface area contributed by atoms with Gasteiger partial charge in [-0.2, -0.15) is 0 Å². The molecule has 1 saturated carbocycles. The molecule has 1 rings (SSSR count). The largest absolute Gasteiger partial charge is 0.472 e. The fourth-order valence-electron chi connectivity index (χ4n) is 8.81. The maximum atomic E-state index is 13.1.